The number of aromatic nitrogens is 2. The largest absolute Gasteiger partial charge is 0.399 e. The molecule has 1 aromatic heterocycles. The van der Waals surface area contributed by atoms with Crippen LogP contribution in [-0.4, -0.2) is 42.7 Å². The lowest BCUT2D eigenvalue weighted by atomic mass is 10.0. The Morgan fingerprint density at radius 1 is 0.968 bits per heavy atom. The Morgan fingerprint density at radius 3 is 2.23 bits per heavy atom. The highest BCUT2D eigenvalue weighted by molar-refractivity contribution is 5.77. The van der Waals surface area contributed by atoms with Gasteiger partial charge in [-0.2, -0.15) is 0 Å². The van der Waals surface area contributed by atoms with Crippen LogP contribution >= 0.6 is 0 Å². The molecule has 9 heteroatoms. The number of ether oxygens (including phenoxy) is 1. The molecular formula is C22H22F2N6O. The zero-order valence-corrected chi connectivity index (χ0v) is 16.7. The predicted molar refractivity (Wildman–Crippen MR) is 116 cm³/mol. The first-order chi connectivity index (χ1) is 15.0. The Bertz CT molecular complexity index is 1060. The van der Waals surface area contributed by atoms with E-state index in [1.807, 2.05) is 17.0 Å². The van der Waals surface area contributed by atoms with Crippen LogP contribution in [0.2, 0.25) is 0 Å². The molecular weight excluding hydrogens is 402 g/mol. The maximum Gasteiger partial charge on any atom is 0.285 e. The van der Waals surface area contributed by atoms with E-state index in [9.17, 15) is 8.78 Å². The van der Waals surface area contributed by atoms with Gasteiger partial charge in [-0.25, -0.2) is 18.7 Å². The fourth-order valence-corrected chi connectivity index (χ4v) is 3.85. The summed E-state index contributed by atoms with van der Waals surface area (Å²) in [6.45, 7) is 2.25. The average Bonchev–Trinajstić information content (AvgIpc) is 3.21. The smallest absolute Gasteiger partial charge is 0.285 e. The number of morpholine rings is 1. The van der Waals surface area contributed by atoms with E-state index in [-0.39, 0.29) is 5.69 Å². The van der Waals surface area contributed by atoms with E-state index in [0.29, 0.717) is 55.0 Å². The van der Waals surface area contributed by atoms with Gasteiger partial charge >= 0.3 is 0 Å². The van der Waals surface area contributed by atoms with Crippen molar-refractivity contribution in [3.63, 3.8) is 0 Å². The van der Waals surface area contributed by atoms with Gasteiger partial charge in [0.1, 0.15) is 0 Å². The number of nitrogens with one attached hydrogen (secondary N) is 2. The number of hydrogen-bond acceptors (Lipinski definition) is 7. The number of fused-ring (bicyclic) bond motifs is 1. The second kappa shape index (κ2) is 7.66. The summed E-state index contributed by atoms with van der Waals surface area (Å²) < 4.78 is 34.6. The molecule has 3 aromatic rings. The van der Waals surface area contributed by atoms with Crippen LogP contribution in [-0.2, 0) is 10.4 Å². The second-order valence-electron chi connectivity index (χ2n) is 7.56. The van der Waals surface area contributed by atoms with Crippen LogP contribution in [0.3, 0.4) is 0 Å². The van der Waals surface area contributed by atoms with Crippen molar-refractivity contribution in [3.8, 4) is 11.3 Å². The number of alkyl halides is 2. The van der Waals surface area contributed by atoms with E-state index < -0.39 is 12.1 Å². The molecule has 1 saturated heterocycles. The van der Waals surface area contributed by atoms with Crippen LogP contribution in [0.1, 0.15) is 5.69 Å². The fraction of sp³-hybridized carbons (Fsp3) is 0.273. The van der Waals surface area contributed by atoms with Crippen LogP contribution in [0.5, 0.6) is 0 Å². The van der Waals surface area contributed by atoms with Crippen molar-refractivity contribution in [3.05, 3.63) is 60.3 Å². The van der Waals surface area contributed by atoms with Gasteiger partial charge in [0.05, 0.1) is 36.0 Å². The summed E-state index contributed by atoms with van der Waals surface area (Å²) in [5.41, 5.74) is 7.25. The summed E-state index contributed by atoms with van der Waals surface area (Å²) in [6.07, 6.45) is -2.77. The highest BCUT2D eigenvalue weighted by Gasteiger charge is 2.48. The first kappa shape index (κ1) is 19.5. The summed E-state index contributed by atoms with van der Waals surface area (Å²) >= 11 is 0. The third-order valence-corrected chi connectivity index (χ3v) is 5.54. The molecule has 2 aliphatic rings. The molecule has 0 bridgehead atoms. The lowest BCUT2D eigenvalue weighted by molar-refractivity contribution is 0.0794. The zero-order valence-electron chi connectivity index (χ0n) is 16.7. The SMILES string of the molecule is Nc1ccc(-c2cc(C3(C(F)F)Nc4ccccc4N3)nc(N3CCOCC3)n2)cc1. The van der Waals surface area contributed by atoms with Gasteiger partial charge in [0, 0.05) is 24.3 Å². The van der Waals surface area contributed by atoms with Crippen molar-refractivity contribution in [1.29, 1.82) is 0 Å². The number of halogens is 2. The number of nitrogens with zero attached hydrogens (tertiary/aromatic N) is 3. The van der Waals surface area contributed by atoms with Crippen LogP contribution in [0.15, 0.2) is 54.6 Å². The molecule has 0 aliphatic carbocycles. The molecule has 3 heterocycles. The topological polar surface area (TPSA) is 88.3 Å². The fourth-order valence-electron chi connectivity index (χ4n) is 3.85. The van der Waals surface area contributed by atoms with Crippen LogP contribution in [0.25, 0.3) is 11.3 Å². The van der Waals surface area contributed by atoms with Gasteiger partial charge < -0.3 is 26.0 Å². The second-order valence-corrected chi connectivity index (χ2v) is 7.56. The molecule has 31 heavy (non-hydrogen) atoms. The number of anilines is 4. The van der Waals surface area contributed by atoms with Crippen molar-refractivity contribution >= 4 is 23.0 Å². The minimum Gasteiger partial charge on any atom is -0.399 e. The summed E-state index contributed by atoms with van der Waals surface area (Å²) in [5.74, 6) is 0.396. The predicted octanol–water partition coefficient (Wildman–Crippen LogP) is 3.52. The Balaban J connectivity index is 1.64. The Hall–Kier alpha value is -3.46. The monoisotopic (exact) mass is 424 g/mol. The first-order valence-corrected chi connectivity index (χ1v) is 10.1. The van der Waals surface area contributed by atoms with Gasteiger partial charge in [0.15, 0.2) is 0 Å². The lowest BCUT2D eigenvalue weighted by Gasteiger charge is -2.32. The number of rotatable bonds is 4. The van der Waals surface area contributed by atoms with Gasteiger partial charge in [-0.1, -0.05) is 24.3 Å². The van der Waals surface area contributed by atoms with Crippen LogP contribution < -0.4 is 21.3 Å². The number of nitrogen functional groups attached to an aromatic ring is 1. The zero-order chi connectivity index (χ0) is 21.4. The van der Waals surface area contributed by atoms with E-state index in [1.54, 1.807) is 42.5 Å². The van der Waals surface area contributed by atoms with Crippen LogP contribution in [0.4, 0.5) is 31.8 Å². The van der Waals surface area contributed by atoms with Crippen molar-refractivity contribution < 1.29 is 13.5 Å². The van der Waals surface area contributed by atoms with E-state index >= 15 is 0 Å². The van der Waals surface area contributed by atoms with Crippen molar-refractivity contribution in [2.75, 3.05) is 47.6 Å². The standard InChI is InChI=1S/C22H22F2N6O/c23-20(24)22(28-16-3-1-2-4-17(16)29-22)19-13-18(14-5-7-15(25)8-6-14)26-21(27-19)30-9-11-31-12-10-30/h1-8,13,20,28-29H,9-12,25H2. The third kappa shape index (κ3) is 3.50. The Labute approximate surface area is 178 Å². The highest BCUT2D eigenvalue weighted by Crippen LogP contribution is 2.43. The maximum absolute atomic E-state index is 14.6. The average molecular weight is 424 g/mol. The van der Waals surface area contributed by atoms with E-state index in [4.69, 9.17) is 10.5 Å². The molecule has 0 amide bonds. The highest BCUT2D eigenvalue weighted by atomic mass is 19.3. The normalized spacial score (nSPS) is 17.2. The van der Waals surface area contributed by atoms with Crippen molar-refractivity contribution in [2.45, 2.75) is 12.1 Å². The summed E-state index contributed by atoms with van der Waals surface area (Å²) in [4.78, 5) is 11.2. The molecule has 5 rings (SSSR count). The molecule has 2 aliphatic heterocycles. The molecule has 0 spiro atoms. The number of hydrogen-bond donors (Lipinski definition) is 3. The van der Waals surface area contributed by atoms with E-state index in [0.717, 1.165) is 5.56 Å². The van der Waals surface area contributed by atoms with Crippen molar-refractivity contribution in [2.24, 2.45) is 0 Å². The molecule has 160 valence electrons. The third-order valence-electron chi connectivity index (χ3n) is 5.54. The lowest BCUT2D eigenvalue weighted by Crippen LogP contribution is -2.47. The first-order valence-electron chi connectivity index (χ1n) is 10.1. The summed E-state index contributed by atoms with van der Waals surface area (Å²) in [5, 5.41) is 5.93. The van der Waals surface area contributed by atoms with Gasteiger partial charge in [-0.3, -0.25) is 0 Å². The number of para-hydroxylation sites is 2. The molecule has 4 N–H and O–H groups in total. The maximum atomic E-state index is 14.6. The molecule has 0 saturated carbocycles. The van der Waals surface area contributed by atoms with Gasteiger partial charge in [-0.05, 0) is 30.3 Å². The van der Waals surface area contributed by atoms with E-state index in [2.05, 4.69) is 20.6 Å². The molecule has 0 unspecified atom stereocenters. The quantitative estimate of drug-likeness (QED) is 0.553. The Kier molecular flexibility index (Phi) is 4.82. The van der Waals surface area contributed by atoms with Gasteiger partial charge in [0.2, 0.25) is 11.6 Å². The number of nitrogens with two attached hydrogens (primary N) is 1. The molecule has 0 atom stereocenters. The molecule has 0 radical (unpaired) electrons. The molecule has 1 fully saturated rings. The van der Waals surface area contributed by atoms with Crippen LogP contribution in [0, 0.1) is 0 Å². The summed E-state index contributed by atoms with van der Waals surface area (Å²) in [7, 11) is 0. The summed E-state index contributed by atoms with van der Waals surface area (Å²) in [6, 6.07) is 15.9. The van der Waals surface area contributed by atoms with Gasteiger partial charge in [-0.15, -0.1) is 0 Å². The minimum absolute atomic E-state index is 0.169. The van der Waals surface area contributed by atoms with Crippen molar-refractivity contribution in [1.82, 2.24) is 9.97 Å². The molecule has 2 aromatic carbocycles. The molecule has 7 nitrogen and oxygen atoms in total. The Morgan fingerprint density at radius 2 is 1.61 bits per heavy atom. The van der Waals surface area contributed by atoms with E-state index in [1.165, 1.54) is 0 Å². The number of benzene rings is 2. The minimum atomic E-state index is -2.77. The van der Waals surface area contributed by atoms with Gasteiger partial charge in [0.25, 0.3) is 6.43 Å².